The standard InChI is InChI=1S/C24H27NO2/c1-24(2,16-26)20-8-11-22-19(14-20)12-13-25(23(22)18-6-7-18)15-17-4-9-21(27-3)10-5-17/h4-5,8-11,14,16H,6-7,12-13,15H2,1-3H3. The minimum absolute atomic E-state index is 0.428. The number of allylic oxidation sites excluding steroid dienone is 1. The SMILES string of the molecule is COc1ccc(CN2CCc3cc(C(C)(C)C=O)ccc3C2=C2CC2)cc1. The quantitative estimate of drug-likeness (QED) is 0.721. The minimum atomic E-state index is -0.428. The molecule has 0 amide bonds. The van der Waals surface area contributed by atoms with Crippen LogP contribution in [0.5, 0.6) is 5.75 Å². The Kier molecular flexibility index (Phi) is 4.55. The van der Waals surface area contributed by atoms with Gasteiger partial charge in [0, 0.05) is 29.8 Å². The van der Waals surface area contributed by atoms with E-state index in [4.69, 9.17) is 4.74 Å². The average Bonchev–Trinajstić information content (AvgIpc) is 3.53. The summed E-state index contributed by atoms with van der Waals surface area (Å²) in [5.41, 5.74) is 7.70. The lowest BCUT2D eigenvalue weighted by atomic mass is 9.83. The number of hydrogen-bond donors (Lipinski definition) is 0. The van der Waals surface area contributed by atoms with Crippen LogP contribution in [-0.4, -0.2) is 24.8 Å². The van der Waals surface area contributed by atoms with Crippen LogP contribution in [0, 0.1) is 0 Å². The molecule has 3 nitrogen and oxygen atoms in total. The third-order valence-electron chi connectivity index (χ3n) is 5.73. The van der Waals surface area contributed by atoms with Gasteiger partial charge in [-0.15, -0.1) is 0 Å². The van der Waals surface area contributed by atoms with Crippen molar-refractivity contribution in [2.45, 2.75) is 45.1 Å². The molecule has 4 rings (SSSR count). The van der Waals surface area contributed by atoms with Crippen LogP contribution in [0.25, 0.3) is 5.70 Å². The van der Waals surface area contributed by atoms with Crippen molar-refractivity contribution in [3.63, 3.8) is 0 Å². The van der Waals surface area contributed by atoms with Crippen molar-refractivity contribution in [1.29, 1.82) is 0 Å². The number of aldehydes is 1. The lowest BCUT2D eigenvalue weighted by Crippen LogP contribution is -2.30. The van der Waals surface area contributed by atoms with Crippen LogP contribution in [0.1, 0.15) is 48.9 Å². The van der Waals surface area contributed by atoms with E-state index >= 15 is 0 Å². The molecule has 1 saturated carbocycles. The predicted molar refractivity (Wildman–Crippen MR) is 109 cm³/mol. The predicted octanol–water partition coefficient (Wildman–Crippen LogP) is 4.73. The van der Waals surface area contributed by atoms with Crippen LogP contribution in [0.3, 0.4) is 0 Å². The van der Waals surface area contributed by atoms with E-state index in [1.807, 2.05) is 26.0 Å². The Morgan fingerprint density at radius 2 is 1.81 bits per heavy atom. The molecule has 0 atom stereocenters. The van der Waals surface area contributed by atoms with Crippen LogP contribution in [0.15, 0.2) is 48.0 Å². The van der Waals surface area contributed by atoms with Gasteiger partial charge in [-0.05, 0) is 67.5 Å². The Labute approximate surface area is 161 Å². The zero-order valence-electron chi connectivity index (χ0n) is 16.4. The number of rotatable bonds is 5. The van der Waals surface area contributed by atoms with E-state index in [1.165, 1.54) is 35.2 Å². The van der Waals surface area contributed by atoms with Crippen molar-refractivity contribution in [2.75, 3.05) is 13.7 Å². The molecule has 0 unspecified atom stereocenters. The van der Waals surface area contributed by atoms with Gasteiger partial charge in [-0.25, -0.2) is 0 Å². The normalized spacial score (nSPS) is 16.2. The van der Waals surface area contributed by atoms with Gasteiger partial charge in [0.05, 0.1) is 7.11 Å². The third kappa shape index (κ3) is 3.51. The van der Waals surface area contributed by atoms with Crippen molar-refractivity contribution >= 4 is 12.0 Å². The number of hydrogen-bond acceptors (Lipinski definition) is 3. The second kappa shape index (κ2) is 6.88. The van der Waals surface area contributed by atoms with Crippen molar-refractivity contribution in [1.82, 2.24) is 4.90 Å². The molecule has 1 fully saturated rings. The van der Waals surface area contributed by atoms with Gasteiger partial charge in [-0.1, -0.05) is 30.3 Å². The maximum absolute atomic E-state index is 11.5. The molecule has 0 spiro atoms. The Bertz CT molecular complexity index is 887. The number of nitrogens with zero attached hydrogens (tertiary/aromatic N) is 1. The maximum Gasteiger partial charge on any atom is 0.129 e. The second-order valence-electron chi connectivity index (χ2n) is 8.18. The third-order valence-corrected chi connectivity index (χ3v) is 5.73. The van der Waals surface area contributed by atoms with Gasteiger partial charge in [0.15, 0.2) is 0 Å². The molecule has 2 aromatic carbocycles. The molecule has 27 heavy (non-hydrogen) atoms. The summed E-state index contributed by atoms with van der Waals surface area (Å²) < 4.78 is 5.28. The first kappa shape index (κ1) is 17.8. The van der Waals surface area contributed by atoms with Gasteiger partial charge in [-0.3, -0.25) is 0 Å². The largest absolute Gasteiger partial charge is 0.497 e. The molecule has 0 N–H and O–H groups in total. The van der Waals surface area contributed by atoms with Crippen LogP contribution >= 0.6 is 0 Å². The summed E-state index contributed by atoms with van der Waals surface area (Å²) in [6.45, 7) is 5.91. The van der Waals surface area contributed by atoms with Gasteiger partial charge in [0.1, 0.15) is 12.0 Å². The van der Waals surface area contributed by atoms with Crippen molar-refractivity contribution < 1.29 is 9.53 Å². The van der Waals surface area contributed by atoms with Gasteiger partial charge in [0.2, 0.25) is 0 Å². The second-order valence-corrected chi connectivity index (χ2v) is 8.18. The van der Waals surface area contributed by atoms with Crippen LogP contribution in [0.4, 0.5) is 0 Å². The Balaban J connectivity index is 1.64. The van der Waals surface area contributed by atoms with E-state index < -0.39 is 5.41 Å². The lowest BCUT2D eigenvalue weighted by molar-refractivity contribution is -0.111. The summed E-state index contributed by atoms with van der Waals surface area (Å²) in [5.74, 6) is 0.897. The summed E-state index contributed by atoms with van der Waals surface area (Å²) in [5, 5.41) is 0. The summed E-state index contributed by atoms with van der Waals surface area (Å²) >= 11 is 0. The van der Waals surface area contributed by atoms with E-state index in [-0.39, 0.29) is 0 Å². The Hall–Kier alpha value is -2.55. The molecule has 140 valence electrons. The number of benzene rings is 2. The maximum atomic E-state index is 11.5. The number of fused-ring (bicyclic) bond motifs is 1. The first-order valence-corrected chi connectivity index (χ1v) is 9.72. The summed E-state index contributed by atoms with van der Waals surface area (Å²) in [6, 6.07) is 15.0. The van der Waals surface area contributed by atoms with Gasteiger partial charge in [0.25, 0.3) is 0 Å². The fourth-order valence-electron chi connectivity index (χ4n) is 3.86. The molecule has 0 aromatic heterocycles. The lowest BCUT2D eigenvalue weighted by Gasteiger charge is -2.34. The smallest absolute Gasteiger partial charge is 0.129 e. The Morgan fingerprint density at radius 1 is 1.07 bits per heavy atom. The molecule has 0 saturated heterocycles. The summed E-state index contributed by atoms with van der Waals surface area (Å²) in [7, 11) is 1.70. The molecule has 1 aliphatic heterocycles. The zero-order valence-corrected chi connectivity index (χ0v) is 16.4. The summed E-state index contributed by atoms with van der Waals surface area (Å²) in [4.78, 5) is 14.0. The van der Waals surface area contributed by atoms with Crippen LogP contribution in [-0.2, 0) is 23.2 Å². The molecule has 2 aliphatic rings. The van der Waals surface area contributed by atoms with E-state index in [1.54, 1.807) is 12.7 Å². The molecule has 1 aliphatic carbocycles. The highest BCUT2D eigenvalue weighted by Crippen LogP contribution is 2.42. The van der Waals surface area contributed by atoms with E-state index in [0.717, 1.165) is 37.1 Å². The van der Waals surface area contributed by atoms with Crippen molar-refractivity contribution in [2.24, 2.45) is 0 Å². The molecule has 0 radical (unpaired) electrons. The van der Waals surface area contributed by atoms with Gasteiger partial charge >= 0.3 is 0 Å². The molecule has 2 aromatic rings. The Morgan fingerprint density at radius 3 is 2.44 bits per heavy atom. The zero-order chi connectivity index (χ0) is 19.0. The molecule has 3 heteroatoms. The van der Waals surface area contributed by atoms with Gasteiger partial charge in [-0.2, -0.15) is 0 Å². The minimum Gasteiger partial charge on any atom is -0.497 e. The highest BCUT2D eigenvalue weighted by molar-refractivity contribution is 5.75. The number of carbonyl (C=O) groups excluding carboxylic acids is 1. The first-order chi connectivity index (χ1) is 13.0. The highest BCUT2D eigenvalue weighted by Gasteiger charge is 2.30. The molecular weight excluding hydrogens is 334 g/mol. The fourth-order valence-corrected chi connectivity index (χ4v) is 3.86. The average molecular weight is 361 g/mol. The van der Waals surface area contributed by atoms with E-state index in [0.29, 0.717) is 0 Å². The molecular formula is C24H27NO2. The monoisotopic (exact) mass is 361 g/mol. The first-order valence-electron chi connectivity index (χ1n) is 9.72. The number of methoxy groups -OCH3 is 1. The number of carbonyl (C=O) groups is 1. The number of ether oxygens (including phenoxy) is 1. The summed E-state index contributed by atoms with van der Waals surface area (Å²) in [6.07, 6.45) is 4.48. The van der Waals surface area contributed by atoms with E-state index in [2.05, 4.69) is 35.2 Å². The molecule has 0 bridgehead atoms. The highest BCUT2D eigenvalue weighted by atomic mass is 16.5. The molecule has 1 heterocycles. The topological polar surface area (TPSA) is 29.5 Å². The van der Waals surface area contributed by atoms with Crippen LogP contribution < -0.4 is 4.74 Å². The fraction of sp³-hybridized carbons (Fsp3) is 0.375. The van der Waals surface area contributed by atoms with Crippen LogP contribution in [0.2, 0.25) is 0 Å². The van der Waals surface area contributed by atoms with Crippen molar-refractivity contribution in [3.05, 3.63) is 70.3 Å². The van der Waals surface area contributed by atoms with E-state index in [9.17, 15) is 4.79 Å². The van der Waals surface area contributed by atoms with Gasteiger partial charge < -0.3 is 14.4 Å². The van der Waals surface area contributed by atoms with Crippen molar-refractivity contribution in [3.8, 4) is 5.75 Å².